The van der Waals surface area contributed by atoms with Crippen molar-refractivity contribution in [1.82, 2.24) is 0 Å². The van der Waals surface area contributed by atoms with E-state index in [2.05, 4.69) is 395 Å². The first kappa shape index (κ1) is 68.9. The van der Waals surface area contributed by atoms with Crippen molar-refractivity contribution in [3.8, 4) is 66.8 Å². The Morgan fingerprint density at radius 3 is 0.930 bits per heavy atom. The highest BCUT2D eigenvalue weighted by atomic mass is 15.3. The molecule has 2 heterocycles. The standard InChI is InChI=1S/C31H31N.C25H16.C25H18.C17H16.C15H14/c1-4-14-24-20(10-1)21-11-2-5-15-25(21)31(24)26-16-6-8-19-29(26)32-28-18-7-3-12-22(28)23-13-9-17-27(31)30(23)32;1-5-13-21-17(9-1)18-10-2-6-14-22(18)25(21)23-15-7-3-11-19(23)20-12-4-8-16-24(20)25;1-3-11-19(12-4-1)25(20-13-5-2-6-14-20)23-17-9-7-15-21(23)22-16-8-10-18-24(22)25;1-3-9-15-13(7-1)14-8-2-4-10-16(14)17(15)11-5-6-12-17;1-15(2)13-9-5-3-7-11(13)12-8-4-6-10-14(12)15/h1-5,7,10-12,14-15,18,23,26-27,29-30H,6,8-9,13,16-17,19H2;1-16H;1-18H;1-4,7-10H,5-6,11-12H2;3-10H,1-2H3. The van der Waals surface area contributed by atoms with E-state index in [0.29, 0.717) is 35.3 Å². The molecule has 1 saturated heterocycles. The molecule has 0 N–H and O–H groups in total. The maximum atomic E-state index is 2.99. The number of piperidine rings is 1. The number of fused-ring (bicyclic) bond motifs is 33. The fourth-order valence-electron chi connectivity index (χ4n) is 25.4. The van der Waals surface area contributed by atoms with Crippen LogP contribution in [-0.4, -0.2) is 12.1 Å². The van der Waals surface area contributed by atoms with Crippen LogP contribution in [0, 0.1) is 11.8 Å². The number of hydrogen-bond acceptors (Lipinski definition) is 1. The third kappa shape index (κ3) is 9.78. The van der Waals surface area contributed by atoms with Crippen molar-refractivity contribution in [2.45, 2.75) is 130 Å². The summed E-state index contributed by atoms with van der Waals surface area (Å²) in [6.07, 6.45) is 15.1. The van der Waals surface area contributed by atoms with Crippen molar-refractivity contribution in [3.05, 3.63) is 460 Å². The molecule has 1 nitrogen and oxygen atoms in total. The summed E-state index contributed by atoms with van der Waals surface area (Å²) in [7, 11) is 0. The van der Waals surface area contributed by atoms with Crippen molar-refractivity contribution in [1.29, 1.82) is 0 Å². The van der Waals surface area contributed by atoms with E-state index in [1.807, 2.05) is 0 Å². The van der Waals surface area contributed by atoms with Crippen LogP contribution in [0.2, 0.25) is 0 Å². The summed E-state index contributed by atoms with van der Waals surface area (Å²) in [5, 5.41) is 0. The second-order valence-corrected chi connectivity index (χ2v) is 34.6. The fourth-order valence-corrected chi connectivity index (χ4v) is 25.4. The van der Waals surface area contributed by atoms with Gasteiger partial charge in [-0.25, -0.2) is 0 Å². The molecule has 0 aromatic heterocycles. The monoisotopic (exact) mass is 1470 g/mol. The van der Waals surface area contributed by atoms with E-state index in [1.54, 1.807) is 33.5 Å². The predicted molar refractivity (Wildman–Crippen MR) is 473 cm³/mol. The highest BCUT2D eigenvalue weighted by Crippen LogP contribution is 2.70. The Morgan fingerprint density at radius 2 is 0.526 bits per heavy atom. The Kier molecular flexibility index (Phi) is 16.4. The van der Waals surface area contributed by atoms with Crippen molar-refractivity contribution in [2.75, 3.05) is 4.90 Å². The van der Waals surface area contributed by atoms with Crippen LogP contribution in [0.25, 0.3) is 66.8 Å². The number of para-hydroxylation sites is 1. The number of nitrogens with zero attached hydrogens (tertiary/aromatic N) is 1. The molecule has 3 spiro atoms. The predicted octanol–water partition coefficient (Wildman–Crippen LogP) is 27.9. The van der Waals surface area contributed by atoms with Crippen LogP contribution in [0.4, 0.5) is 5.69 Å². The molecule has 1 heteroatoms. The SMILES string of the molecule is CC1(C)c2ccccc2-c2ccccc21.c1ccc(C2(c3ccccc3)c3ccccc3-c3ccccc32)cc1.c1ccc2c(c1)-c1ccccc1C21C2CCCCC2N2c3ccccc3C3CCCC1C32.c1ccc2c(c1)-c1ccccc1C21CCCC1.c1ccc2c(c1)-c1ccccc1C21c2ccccc2-c2ccccc21. The van der Waals surface area contributed by atoms with Crippen molar-refractivity contribution in [3.63, 3.8) is 0 Å². The van der Waals surface area contributed by atoms with E-state index in [4.69, 9.17) is 0 Å². The van der Waals surface area contributed by atoms with E-state index in [1.165, 1.54) is 193 Å². The second-order valence-electron chi connectivity index (χ2n) is 34.6. The lowest BCUT2D eigenvalue weighted by molar-refractivity contribution is 0.0472. The lowest BCUT2D eigenvalue weighted by atomic mass is 9.49. The quantitative estimate of drug-likeness (QED) is 0.167. The largest absolute Gasteiger partial charge is 0.364 e. The molecule has 4 fully saturated rings. The lowest BCUT2D eigenvalue weighted by Crippen LogP contribution is -2.66. The average molecular weight is 1470 g/mol. The molecule has 0 bridgehead atoms. The van der Waals surface area contributed by atoms with E-state index >= 15 is 0 Å². The molecule has 9 aliphatic carbocycles. The zero-order chi connectivity index (χ0) is 75.7. The van der Waals surface area contributed by atoms with Gasteiger partial charge in [0.15, 0.2) is 0 Å². The van der Waals surface area contributed by atoms with Crippen molar-refractivity contribution < 1.29 is 0 Å². The van der Waals surface area contributed by atoms with Crippen molar-refractivity contribution >= 4 is 5.69 Å². The van der Waals surface area contributed by atoms with Crippen LogP contribution in [-0.2, 0) is 27.1 Å². The topological polar surface area (TPSA) is 3.24 Å². The van der Waals surface area contributed by atoms with Gasteiger partial charge in [-0.2, -0.15) is 0 Å². The molecule has 26 rings (SSSR count). The van der Waals surface area contributed by atoms with Gasteiger partial charge in [-0.3, -0.25) is 0 Å². The third-order valence-electron chi connectivity index (χ3n) is 29.5. The lowest BCUT2D eigenvalue weighted by Gasteiger charge is -2.63. The molecule has 0 amide bonds. The van der Waals surface area contributed by atoms with Crippen LogP contribution in [0.3, 0.4) is 0 Å². The molecule has 15 aromatic rings. The summed E-state index contributed by atoms with van der Waals surface area (Å²) in [5.41, 5.74) is 40.9. The van der Waals surface area contributed by atoms with E-state index in [-0.39, 0.29) is 21.7 Å². The summed E-state index contributed by atoms with van der Waals surface area (Å²) in [4.78, 5) is 2.99. The Hall–Kier alpha value is -11.9. The summed E-state index contributed by atoms with van der Waals surface area (Å²) in [6.45, 7) is 4.61. The maximum Gasteiger partial charge on any atom is 0.0725 e. The van der Waals surface area contributed by atoms with Crippen LogP contribution in [0.1, 0.15) is 174 Å². The molecule has 114 heavy (non-hydrogen) atoms. The van der Waals surface area contributed by atoms with Crippen LogP contribution < -0.4 is 4.90 Å². The number of hydrogen-bond donors (Lipinski definition) is 0. The zero-order valence-corrected chi connectivity index (χ0v) is 65.4. The average Bonchev–Trinajstić information content (AvgIpc) is 1.46. The van der Waals surface area contributed by atoms with Gasteiger partial charge >= 0.3 is 0 Å². The molecule has 11 aliphatic rings. The molecule has 5 atom stereocenters. The minimum absolute atomic E-state index is 0.160. The van der Waals surface area contributed by atoms with Gasteiger partial charge < -0.3 is 4.90 Å². The molecule has 0 radical (unpaired) electrons. The minimum atomic E-state index is -0.254. The Morgan fingerprint density at radius 1 is 0.237 bits per heavy atom. The normalized spacial score (nSPS) is 20.4. The Bertz CT molecular complexity index is 5680. The first-order valence-electron chi connectivity index (χ1n) is 42.5. The third-order valence-corrected chi connectivity index (χ3v) is 29.5. The first-order chi connectivity index (χ1) is 56.4. The first-order valence-corrected chi connectivity index (χ1v) is 42.5. The smallest absolute Gasteiger partial charge is 0.0725 e. The number of benzene rings is 15. The van der Waals surface area contributed by atoms with Gasteiger partial charge in [0.2, 0.25) is 0 Å². The summed E-state index contributed by atoms with van der Waals surface area (Å²) in [6, 6.07) is 140. The summed E-state index contributed by atoms with van der Waals surface area (Å²) in [5.74, 6) is 2.13. The van der Waals surface area contributed by atoms with E-state index in [9.17, 15) is 0 Å². The van der Waals surface area contributed by atoms with Gasteiger partial charge in [-0.05, 0) is 207 Å². The van der Waals surface area contributed by atoms with Crippen LogP contribution in [0.15, 0.2) is 376 Å². The molecule has 15 aromatic carbocycles. The van der Waals surface area contributed by atoms with E-state index in [0.717, 1.165) is 0 Å². The molecular weight excluding hydrogens is 1370 g/mol. The van der Waals surface area contributed by atoms with Crippen LogP contribution in [0.5, 0.6) is 0 Å². The van der Waals surface area contributed by atoms with E-state index < -0.39 is 0 Å². The maximum absolute atomic E-state index is 2.99. The zero-order valence-electron chi connectivity index (χ0n) is 65.4. The van der Waals surface area contributed by atoms with Gasteiger partial charge in [0.25, 0.3) is 0 Å². The fraction of sp³-hybridized carbons (Fsp3) is 0.204. The van der Waals surface area contributed by atoms with Gasteiger partial charge in [-0.15, -0.1) is 0 Å². The molecule has 2 aliphatic heterocycles. The molecular formula is C113H95N. The van der Waals surface area contributed by atoms with Gasteiger partial charge in [-0.1, -0.05) is 416 Å². The number of rotatable bonds is 2. The summed E-state index contributed by atoms with van der Waals surface area (Å²) < 4.78 is 0. The van der Waals surface area contributed by atoms with Gasteiger partial charge in [0, 0.05) is 39.9 Å². The Labute approximate surface area is 673 Å². The number of anilines is 1. The highest BCUT2D eigenvalue weighted by molar-refractivity contribution is 5.95. The minimum Gasteiger partial charge on any atom is -0.364 e. The van der Waals surface area contributed by atoms with Crippen LogP contribution >= 0.6 is 0 Å². The Balaban J connectivity index is 0.0000000890. The van der Waals surface area contributed by atoms with Crippen molar-refractivity contribution in [2.24, 2.45) is 11.8 Å². The van der Waals surface area contributed by atoms with Gasteiger partial charge in [0.05, 0.1) is 10.8 Å². The molecule has 5 unspecified atom stereocenters. The second kappa shape index (κ2) is 27.2. The van der Waals surface area contributed by atoms with Gasteiger partial charge in [0.1, 0.15) is 0 Å². The highest BCUT2D eigenvalue weighted by Gasteiger charge is 2.66. The summed E-state index contributed by atoms with van der Waals surface area (Å²) >= 11 is 0. The molecule has 552 valence electrons. The molecule has 3 saturated carbocycles.